The first-order chi connectivity index (χ1) is 36.0. The smallest absolute Gasteiger partial charge is 0.306 e. The summed E-state index contributed by atoms with van der Waals surface area (Å²) in [6.07, 6.45) is 82.3. The van der Waals surface area contributed by atoms with Crippen LogP contribution < -0.4 is 0 Å². The van der Waals surface area contributed by atoms with E-state index in [9.17, 15) is 14.4 Å². The fourth-order valence-corrected chi connectivity index (χ4v) is 8.18. The lowest BCUT2D eigenvalue weighted by atomic mass is 10.1. The molecule has 0 aromatic rings. The van der Waals surface area contributed by atoms with E-state index in [2.05, 4.69) is 130 Å². The van der Waals surface area contributed by atoms with Crippen molar-refractivity contribution >= 4 is 17.9 Å². The largest absolute Gasteiger partial charge is 0.462 e. The van der Waals surface area contributed by atoms with Gasteiger partial charge in [-0.15, -0.1) is 0 Å². The molecule has 0 bridgehead atoms. The molecule has 0 N–H and O–H groups in total. The van der Waals surface area contributed by atoms with Gasteiger partial charge in [0.25, 0.3) is 0 Å². The second kappa shape index (κ2) is 60.6. The second-order valence-corrected chi connectivity index (χ2v) is 19.9. The molecule has 0 amide bonds. The van der Waals surface area contributed by atoms with Crippen molar-refractivity contribution in [3.05, 3.63) is 109 Å². The Bertz CT molecular complexity index is 1490. The van der Waals surface area contributed by atoms with Gasteiger partial charge < -0.3 is 14.2 Å². The number of hydrogen-bond donors (Lipinski definition) is 0. The normalized spacial score (nSPS) is 12.9. The first kappa shape index (κ1) is 69.1. The molecule has 6 nitrogen and oxygen atoms in total. The van der Waals surface area contributed by atoms with Crippen LogP contribution in [0.15, 0.2) is 109 Å². The Hall–Kier alpha value is -3.93. The fourth-order valence-electron chi connectivity index (χ4n) is 8.18. The molecule has 73 heavy (non-hydrogen) atoms. The van der Waals surface area contributed by atoms with Crippen LogP contribution in [0, 0.1) is 0 Å². The Labute approximate surface area is 450 Å². The summed E-state index contributed by atoms with van der Waals surface area (Å²) in [4.78, 5) is 38.2. The SMILES string of the molecule is CC/C=C\C/C=C\C/C=C\C/C=C\C/C=C\C/C=C\C/C=C\CCCCCCCCCC(=O)OCC(COC(=O)CCCCCCC/C=C\CCCCCC)OC(=O)CCCCCCC/C=C\CCCCCC. The fraction of sp³-hybridized carbons (Fsp3) is 0.687. The highest BCUT2D eigenvalue weighted by molar-refractivity contribution is 5.71. The van der Waals surface area contributed by atoms with Gasteiger partial charge in [0.15, 0.2) is 6.10 Å². The maximum absolute atomic E-state index is 12.8. The van der Waals surface area contributed by atoms with E-state index in [1.54, 1.807) is 0 Å². The van der Waals surface area contributed by atoms with E-state index in [-0.39, 0.29) is 31.1 Å². The van der Waals surface area contributed by atoms with Crippen molar-refractivity contribution in [1.29, 1.82) is 0 Å². The van der Waals surface area contributed by atoms with Gasteiger partial charge in [0.2, 0.25) is 0 Å². The number of unbranched alkanes of at least 4 members (excludes halogenated alkanes) is 25. The third kappa shape index (κ3) is 58.8. The van der Waals surface area contributed by atoms with Crippen molar-refractivity contribution in [2.24, 2.45) is 0 Å². The Morgan fingerprint density at radius 1 is 0.288 bits per heavy atom. The van der Waals surface area contributed by atoms with Gasteiger partial charge in [-0.3, -0.25) is 14.4 Å². The minimum absolute atomic E-state index is 0.0893. The molecule has 0 aromatic heterocycles. The van der Waals surface area contributed by atoms with Crippen molar-refractivity contribution in [2.75, 3.05) is 13.2 Å². The van der Waals surface area contributed by atoms with E-state index < -0.39 is 6.10 Å². The molecule has 0 aliphatic rings. The Balaban J connectivity index is 4.30. The number of hydrogen-bond acceptors (Lipinski definition) is 6. The van der Waals surface area contributed by atoms with Crippen molar-refractivity contribution in [1.82, 2.24) is 0 Å². The molecule has 0 aromatic carbocycles. The molecule has 0 spiro atoms. The van der Waals surface area contributed by atoms with Crippen LogP contribution in [0.3, 0.4) is 0 Å². The molecule has 0 aliphatic heterocycles. The molecule has 1 unspecified atom stereocenters. The third-order valence-electron chi connectivity index (χ3n) is 12.7. The summed E-state index contributed by atoms with van der Waals surface area (Å²) < 4.78 is 16.8. The predicted molar refractivity (Wildman–Crippen MR) is 316 cm³/mol. The first-order valence-corrected chi connectivity index (χ1v) is 30.4. The lowest BCUT2D eigenvalue weighted by molar-refractivity contribution is -0.167. The van der Waals surface area contributed by atoms with Crippen LogP contribution >= 0.6 is 0 Å². The molecule has 416 valence electrons. The molecule has 0 heterocycles. The highest BCUT2D eigenvalue weighted by Gasteiger charge is 2.19. The summed E-state index contributed by atoms with van der Waals surface area (Å²) in [6, 6.07) is 0. The first-order valence-electron chi connectivity index (χ1n) is 30.4. The molecule has 1 atom stereocenters. The van der Waals surface area contributed by atoms with E-state index in [1.165, 1.54) is 109 Å². The van der Waals surface area contributed by atoms with Crippen molar-refractivity contribution in [2.45, 2.75) is 284 Å². The van der Waals surface area contributed by atoms with Gasteiger partial charge in [0.05, 0.1) is 0 Å². The van der Waals surface area contributed by atoms with E-state index in [4.69, 9.17) is 14.2 Å². The predicted octanol–water partition coefficient (Wildman–Crippen LogP) is 20.7. The summed E-state index contributed by atoms with van der Waals surface area (Å²) in [5.41, 5.74) is 0. The summed E-state index contributed by atoms with van der Waals surface area (Å²) in [5, 5.41) is 0. The molecule has 6 heteroatoms. The summed E-state index contributed by atoms with van der Waals surface area (Å²) in [7, 11) is 0. The number of carbonyl (C=O) groups excluding carboxylic acids is 3. The van der Waals surface area contributed by atoms with Crippen LogP contribution in [0.25, 0.3) is 0 Å². The van der Waals surface area contributed by atoms with Crippen molar-refractivity contribution in [3.8, 4) is 0 Å². The zero-order chi connectivity index (χ0) is 52.9. The highest BCUT2D eigenvalue weighted by atomic mass is 16.6. The number of carbonyl (C=O) groups is 3. The Morgan fingerprint density at radius 3 is 0.849 bits per heavy atom. The lowest BCUT2D eigenvalue weighted by Crippen LogP contribution is -2.30. The van der Waals surface area contributed by atoms with E-state index in [1.807, 2.05) is 0 Å². The van der Waals surface area contributed by atoms with Gasteiger partial charge in [-0.25, -0.2) is 0 Å². The average molecular weight is 1010 g/mol. The van der Waals surface area contributed by atoms with Crippen LogP contribution in [0.5, 0.6) is 0 Å². The molecule has 0 radical (unpaired) electrons. The lowest BCUT2D eigenvalue weighted by Gasteiger charge is -2.18. The van der Waals surface area contributed by atoms with E-state index in [0.717, 1.165) is 128 Å². The Morgan fingerprint density at radius 2 is 0.534 bits per heavy atom. The van der Waals surface area contributed by atoms with Crippen LogP contribution in [-0.4, -0.2) is 37.2 Å². The molecule has 0 fully saturated rings. The number of rotatable bonds is 54. The van der Waals surface area contributed by atoms with Gasteiger partial charge in [-0.2, -0.15) is 0 Å². The molecular formula is C67H112O6. The summed E-state index contributed by atoms with van der Waals surface area (Å²) in [5.74, 6) is -0.915. The standard InChI is InChI=1S/C67H112O6/c1-4-7-10-13-16-19-22-25-26-27-28-29-30-31-32-33-34-35-36-37-38-39-40-43-45-48-51-54-57-60-66(69)72-63-64(73-67(70)61-58-55-52-49-46-42-24-21-18-15-12-9-6-3)62-71-65(68)59-56-53-50-47-44-41-23-20-17-14-11-8-5-2/h7,10,16,19-21,23-26,28-29,31-32,34-35,37-38,64H,4-6,8-9,11-15,17-18,22,27,30,33,36,39-63H2,1-3H3/b10-7-,19-16-,23-20-,24-21-,26-25-,29-28-,32-31-,35-34-,38-37-. The van der Waals surface area contributed by atoms with Gasteiger partial charge in [-0.05, 0) is 128 Å². The van der Waals surface area contributed by atoms with E-state index in [0.29, 0.717) is 19.3 Å². The van der Waals surface area contributed by atoms with Crippen LogP contribution in [0.4, 0.5) is 0 Å². The van der Waals surface area contributed by atoms with Gasteiger partial charge in [0.1, 0.15) is 13.2 Å². The minimum Gasteiger partial charge on any atom is -0.462 e. The van der Waals surface area contributed by atoms with Crippen LogP contribution in [0.2, 0.25) is 0 Å². The summed E-state index contributed by atoms with van der Waals surface area (Å²) >= 11 is 0. The van der Waals surface area contributed by atoms with Crippen molar-refractivity contribution in [3.63, 3.8) is 0 Å². The zero-order valence-electron chi connectivity index (χ0n) is 47.6. The minimum atomic E-state index is -0.791. The monoisotopic (exact) mass is 1010 g/mol. The number of esters is 3. The second-order valence-electron chi connectivity index (χ2n) is 19.9. The molecule has 0 aliphatic carbocycles. The zero-order valence-corrected chi connectivity index (χ0v) is 47.6. The topological polar surface area (TPSA) is 78.9 Å². The number of ether oxygens (including phenoxy) is 3. The van der Waals surface area contributed by atoms with E-state index >= 15 is 0 Å². The molecule has 0 saturated heterocycles. The van der Waals surface area contributed by atoms with Crippen LogP contribution in [0.1, 0.15) is 278 Å². The average Bonchev–Trinajstić information content (AvgIpc) is 3.39. The van der Waals surface area contributed by atoms with Crippen LogP contribution in [-0.2, 0) is 28.6 Å². The van der Waals surface area contributed by atoms with Gasteiger partial charge in [-0.1, -0.05) is 239 Å². The molecule has 0 saturated carbocycles. The highest BCUT2D eigenvalue weighted by Crippen LogP contribution is 2.14. The Kier molecular flexibility index (Phi) is 57.4. The van der Waals surface area contributed by atoms with Gasteiger partial charge in [0, 0.05) is 19.3 Å². The summed E-state index contributed by atoms with van der Waals surface area (Å²) in [6.45, 7) is 6.48. The molecular weight excluding hydrogens is 901 g/mol. The number of allylic oxidation sites excluding steroid dienone is 18. The maximum Gasteiger partial charge on any atom is 0.306 e. The quantitative estimate of drug-likeness (QED) is 0.0261. The molecule has 0 rings (SSSR count). The maximum atomic E-state index is 12.8. The van der Waals surface area contributed by atoms with Crippen molar-refractivity contribution < 1.29 is 28.6 Å². The third-order valence-corrected chi connectivity index (χ3v) is 12.7. The van der Waals surface area contributed by atoms with Gasteiger partial charge >= 0.3 is 17.9 Å².